The van der Waals surface area contributed by atoms with Crippen LogP contribution < -0.4 is 5.73 Å². The van der Waals surface area contributed by atoms with Gasteiger partial charge in [-0.15, -0.1) is 0 Å². The van der Waals surface area contributed by atoms with Gasteiger partial charge in [0.05, 0.1) is 6.04 Å². The van der Waals surface area contributed by atoms with Crippen LogP contribution in [0, 0.1) is 0 Å². The molecule has 0 aromatic rings. The monoisotopic (exact) mass is 323 g/mol. The summed E-state index contributed by atoms with van der Waals surface area (Å²) in [5, 5.41) is 0. The smallest absolute Gasteiger partial charge is 0.303 e. The third-order valence-electron chi connectivity index (χ3n) is 2.74. The standard InChI is InChI=1S/C12H18ClNO7/c1-5(15)18-4-8-10(19-6(2)16)9(14)11(12(13)21-8)20-7(3)17/h8-12H,4,14H2,1-3H3/t8?,9?,10-,11?,12+/m0/s1. The van der Waals surface area contributed by atoms with E-state index < -0.39 is 47.8 Å². The van der Waals surface area contributed by atoms with E-state index in [1.807, 2.05) is 0 Å². The molecule has 1 aliphatic rings. The van der Waals surface area contributed by atoms with Crippen LogP contribution >= 0.6 is 11.6 Å². The molecule has 21 heavy (non-hydrogen) atoms. The summed E-state index contributed by atoms with van der Waals surface area (Å²) in [7, 11) is 0. The van der Waals surface area contributed by atoms with Crippen molar-refractivity contribution >= 4 is 29.5 Å². The van der Waals surface area contributed by atoms with Gasteiger partial charge < -0.3 is 24.7 Å². The lowest BCUT2D eigenvalue weighted by molar-refractivity contribution is -0.202. The summed E-state index contributed by atoms with van der Waals surface area (Å²) in [6, 6.07) is -0.908. The molecule has 3 unspecified atom stereocenters. The minimum atomic E-state index is -1.05. The Morgan fingerprint density at radius 2 is 1.57 bits per heavy atom. The summed E-state index contributed by atoms with van der Waals surface area (Å²) in [5.41, 5.74) is 4.90. The number of carbonyl (C=O) groups excluding carboxylic acids is 3. The first-order valence-corrected chi connectivity index (χ1v) is 6.69. The van der Waals surface area contributed by atoms with Crippen LogP contribution in [0.1, 0.15) is 20.8 Å². The van der Waals surface area contributed by atoms with Gasteiger partial charge in [0.2, 0.25) is 0 Å². The van der Waals surface area contributed by atoms with Crippen LogP contribution in [-0.2, 0) is 33.3 Å². The Morgan fingerprint density at radius 1 is 1.05 bits per heavy atom. The molecule has 0 aromatic carbocycles. The van der Waals surface area contributed by atoms with Crippen LogP contribution in [-0.4, -0.2) is 54.4 Å². The molecular weight excluding hydrogens is 306 g/mol. The molecular formula is C12H18ClNO7. The fraction of sp³-hybridized carbons (Fsp3) is 0.750. The maximum Gasteiger partial charge on any atom is 0.303 e. The highest BCUT2D eigenvalue weighted by atomic mass is 35.5. The molecule has 0 aliphatic carbocycles. The number of hydrogen-bond donors (Lipinski definition) is 1. The third-order valence-corrected chi connectivity index (χ3v) is 3.09. The van der Waals surface area contributed by atoms with Crippen LogP contribution in [0.3, 0.4) is 0 Å². The lowest BCUT2D eigenvalue weighted by atomic mass is 9.97. The van der Waals surface area contributed by atoms with Gasteiger partial charge in [-0.1, -0.05) is 11.6 Å². The zero-order valence-electron chi connectivity index (χ0n) is 11.9. The van der Waals surface area contributed by atoms with Gasteiger partial charge in [0, 0.05) is 20.8 Å². The minimum Gasteiger partial charge on any atom is -0.463 e. The Kier molecular flexibility index (Phi) is 6.38. The fourth-order valence-corrected chi connectivity index (χ4v) is 2.29. The van der Waals surface area contributed by atoms with E-state index in [2.05, 4.69) is 0 Å². The minimum absolute atomic E-state index is 0.184. The second-order valence-corrected chi connectivity index (χ2v) is 4.98. The molecule has 1 saturated heterocycles. The summed E-state index contributed by atoms with van der Waals surface area (Å²) in [5.74, 6) is -1.71. The second kappa shape index (κ2) is 7.58. The molecule has 0 radical (unpaired) electrons. The molecule has 1 aliphatic heterocycles. The van der Waals surface area contributed by atoms with Gasteiger partial charge in [-0.3, -0.25) is 14.4 Å². The largest absolute Gasteiger partial charge is 0.463 e. The number of hydrogen-bond acceptors (Lipinski definition) is 8. The SMILES string of the molecule is CC(=O)OCC1O[C@@H](Cl)C(OC(C)=O)C(N)[C@H]1OC(C)=O. The van der Waals surface area contributed by atoms with E-state index in [9.17, 15) is 14.4 Å². The van der Waals surface area contributed by atoms with E-state index in [4.69, 9.17) is 36.3 Å². The van der Waals surface area contributed by atoms with E-state index in [1.54, 1.807) is 0 Å². The van der Waals surface area contributed by atoms with Crippen LogP contribution in [0.2, 0.25) is 0 Å². The van der Waals surface area contributed by atoms with E-state index in [0.29, 0.717) is 0 Å². The molecule has 8 nitrogen and oxygen atoms in total. The number of ether oxygens (including phenoxy) is 4. The fourth-order valence-electron chi connectivity index (χ4n) is 1.93. The van der Waals surface area contributed by atoms with Gasteiger partial charge in [-0.25, -0.2) is 0 Å². The van der Waals surface area contributed by atoms with Crippen LogP contribution in [0.5, 0.6) is 0 Å². The van der Waals surface area contributed by atoms with Crippen LogP contribution in [0.25, 0.3) is 0 Å². The molecule has 1 fully saturated rings. The molecule has 0 aromatic heterocycles. The van der Waals surface area contributed by atoms with E-state index in [0.717, 1.165) is 0 Å². The molecule has 120 valence electrons. The molecule has 1 heterocycles. The lowest BCUT2D eigenvalue weighted by Crippen LogP contribution is -2.63. The quantitative estimate of drug-likeness (QED) is 0.426. The van der Waals surface area contributed by atoms with Crippen molar-refractivity contribution in [1.29, 1.82) is 0 Å². The van der Waals surface area contributed by atoms with Crippen LogP contribution in [0.15, 0.2) is 0 Å². The Balaban J connectivity index is 2.86. The molecule has 2 N–H and O–H groups in total. The summed E-state index contributed by atoms with van der Waals surface area (Å²) >= 11 is 5.97. The topological polar surface area (TPSA) is 114 Å². The average molecular weight is 324 g/mol. The van der Waals surface area contributed by atoms with E-state index >= 15 is 0 Å². The Morgan fingerprint density at radius 3 is 2.05 bits per heavy atom. The van der Waals surface area contributed by atoms with Crippen molar-refractivity contribution in [2.24, 2.45) is 5.73 Å². The summed E-state index contributed by atoms with van der Waals surface area (Å²) in [4.78, 5) is 33.1. The van der Waals surface area contributed by atoms with Crippen molar-refractivity contribution in [2.75, 3.05) is 6.61 Å². The number of esters is 3. The van der Waals surface area contributed by atoms with Crippen molar-refractivity contribution in [2.45, 2.75) is 50.7 Å². The average Bonchev–Trinajstić information content (AvgIpc) is 2.35. The first-order chi connectivity index (χ1) is 9.72. The highest BCUT2D eigenvalue weighted by molar-refractivity contribution is 6.20. The highest BCUT2D eigenvalue weighted by Crippen LogP contribution is 2.27. The predicted molar refractivity (Wildman–Crippen MR) is 70.2 cm³/mol. The first kappa shape index (κ1) is 17.7. The van der Waals surface area contributed by atoms with Crippen molar-refractivity contribution in [3.8, 4) is 0 Å². The van der Waals surface area contributed by atoms with Gasteiger partial charge >= 0.3 is 17.9 Å². The zero-order chi connectivity index (χ0) is 16.2. The third kappa shape index (κ3) is 5.14. The van der Waals surface area contributed by atoms with E-state index in [1.165, 1.54) is 20.8 Å². The molecule has 5 atom stereocenters. The van der Waals surface area contributed by atoms with Crippen molar-refractivity contribution < 1.29 is 33.3 Å². The molecule has 0 bridgehead atoms. The molecule has 0 spiro atoms. The van der Waals surface area contributed by atoms with Crippen molar-refractivity contribution in [3.63, 3.8) is 0 Å². The summed E-state index contributed by atoms with van der Waals surface area (Å²) in [6.45, 7) is 3.44. The zero-order valence-corrected chi connectivity index (χ0v) is 12.7. The normalized spacial score (nSPS) is 32.1. The van der Waals surface area contributed by atoms with Crippen molar-refractivity contribution in [1.82, 2.24) is 0 Å². The number of rotatable bonds is 4. The van der Waals surface area contributed by atoms with Gasteiger partial charge in [-0.05, 0) is 0 Å². The highest BCUT2D eigenvalue weighted by Gasteiger charge is 2.47. The Bertz CT molecular complexity index is 414. The number of alkyl halides is 1. The number of halogens is 1. The second-order valence-electron chi connectivity index (χ2n) is 4.55. The number of carbonyl (C=O) groups is 3. The maximum atomic E-state index is 11.2. The summed E-state index contributed by atoms with van der Waals surface area (Å²) in [6.07, 6.45) is -2.79. The molecule has 0 saturated carbocycles. The van der Waals surface area contributed by atoms with Gasteiger partial charge in [0.25, 0.3) is 0 Å². The first-order valence-electron chi connectivity index (χ1n) is 6.25. The van der Waals surface area contributed by atoms with Crippen molar-refractivity contribution in [3.05, 3.63) is 0 Å². The lowest BCUT2D eigenvalue weighted by Gasteiger charge is -2.41. The van der Waals surface area contributed by atoms with Gasteiger partial charge in [0.15, 0.2) is 17.8 Å². The molecule has 0 amide bonds. The number of nitrogens with two attached hydrogens (primary N) is 1. The summed E-state index contributed by atoms with van der Waals surface area (Å²) < 4.78 is 20.3. The van der Waals surface area contributed by atoms with Gasteiger partial charge in [0.1, 0.15) is 12.7 Å². The maximum absolute atomic E-state index is 11.2. The van der Waals surface area contributed by atoms with Gasteiger partial charge in [-0.2, -0.15) is 0 Å². The molecule has 9 heteroatoms. The molecule has 1 rings (SSSR count). The Labute approximate surface area is 126 Å². The van der Waals surface area contributed by atoms with Crippen LogP contribution in [0.4, 0.5) is 0 Å². The van der Waals surface area contributed by atoms with E-state index in [-0.39, 0.29) is 6.61 Å². The Hall–Kier alpha value is -1.38. The predicted octanol–water partition coefficient (Wildman–Crippen LogP) is -0.296.